The molecule has 0 aliphatic rings. The normalized spacial score (nSPS) is 10.6. The van der Waals surface area contributed by atoms with Gasteiger partial charge in [-0.15, -0.1) is 11.3 Å². The van der Waals surface area contributed by atoms with Crippen LogP contribution in [-0.4, -0.2) is 37.0 Å². The number of methoxy groups -OCH3 is 1. The molecule has 0 saturated carbocycles. The van der Waals surface area contributed by atoms with Crippen molar-refractivity contribution in [2.75, 3.05) is 30.5 Å². The van der Waals surface area contributed by atoms with E-state index in [0.29, 0.717) is 22.9 Å². The van der Waals surface area contributed by atoms with Crippen LogP contribution in [0.2, 0.25) is 0 Å². The molecule has 0 radical (unpaired) electrons. The van der Waals surface area contributed by atoms with E-state index in [4.69, 9.17) is 10.5 Å². The Labute approximate surface area is 155 Å². The van der Waals surface area contributed by atoms with Crippen LogP contribution in [0.5, 0.6) is 0 Å². The monoisotopic (exact) mass is 378 g/mol. The highest BCUT2D eigenvalue weighted by atomic mass is 32.2. The Morgan fingerprint density at radius 2 is 1.92 bits per heavy atom. The van der Waals surface area contributed by atoms with Gasteiger partial charge in [0.15, 0.2) is 0 Å². The Morgan fingerprint density at radius 3 is 2.52 bits per heavy atom. The van der Waals surface area contributed by atoms with Crippen molar-refractivity contribution in [3.8, 4) is 11.1 Å². The third kappa shape index (κ3) is 4.84. The Bertz CT molecular complexity index is 754. The third-order valence-corrected chi connectivity index (χ3v) is 5.57. The maximum absolute atomic E-state index is 12.4. The highest BCUT2D eigenvalue weighted by Gasteiger charge is 2.25. The SMILES string of the molecule is COC(=O)c1c(NC(=O)CSCCN)sc(C)c1-c1ccc(C)cc1. The van der Waals surface area contributed by atoms with Gasteiger partial charge in [-0.25, -0.2) is 4.79 Å². The summed E-state index contributed by atoms with van der Waals surface area (Å²) in [5.74, 6) is 0.411. The van der Waals surface area contributed by atoms with Gasteiger partial charge in [-0.3, -0.25) is 4.79 Å². The maximum atomic E-state index is 12.4. The highest BCUT2D eigenvalue weighted by Crippen LogP contribution is 2.40. The molecule has 1 aromatic carbocycles. The van der Waals surface area contributed by atoms with Gasteiger partial charge in [0.2, 0.25) is 5.91 Å². The van der Waals surface area contributed by atoms with Gasteiger partial charge in [-0.2, -0.15) is 11.8 Å². The van der Waals surface area contributed by atoms with Gasteiger partial charge >= 0.3 is 5.97 Å². The first-order valence-corrected chi connectivity index (χ1v) is 9.81. The minimum atomic E-state index is -0.454. The lowest BCUT2D eigenvalue weighted by atomic mass is 10.0. The molecule has 0 atom stereocenters. The number of aryl methyl sites for hydroxylation is 2. The Kier molecular flexibility index (Phi) is 7.04. The molecule has 134 valence electrons. The van der Waals surface area contributed by atoms with Crippen LogP contribution in [0.3, 0.4) is 0 Å². The molecule has 1 heterocycles. The lowest BCUT2D eigenvalue weighted by Crippen LogP contribution is -2.17. The van der Waals surface area contributed by atoms with Gasteiger partial charge in [-0.05, 0) is 19.4 Å². The number of anilines is 1. The first kappa shape index (κ1) is 19.5. The van der Waals surface area contributed by atoms with Crippen LogP contribution in [0.15, 0.2) is 24.3 Å². The van der Waals surface area contributed by atoms with Gasteiger partial charge in [0.05, 0.1) is 12.9 Å². The molecular formula is C18H22N2O3S2. The summed E-state index contributed by atoms with van der Waals surface area (Å²) in [6, 6.07) is 7.93. The molecule has 2 rings (SSSR count). The van der Waals surface area contributed by atoms with E-state index in [1.54, 1.807) is 0 Å². The van der Waals surface area contributed by atoms with Crippen molar-refractivity contribution < 1.29 is 14.3 Å². The fourth-order valence-corrected chi connectivity index (χ4v) is 4.06. The fraction of sp³-hybridized carbons (Fsp3) is 0.333. The Balaban J connectivity index is 2.37. The zero-order chi connectivity index (χ0) is 18.4. The second-order valence-corrected chi connectivity index (χ2v) is 7.81. The molecule has 0 unspecified atom stereocenters. The third-order valence-electron chi connectivity index (χ3n) is 3.56. The van der Waals surface area contributed by atoms with Crippen LogP contribution in [0, 0.1) is 13.8 Å². The average molecular weight is 379 g/mol. The van der Waals surface area contributed by atoms with Crippen molar-refractivity contribution in [3.63, 3.8) is 0 Å². The highest BCUT2D eigenvalue weighted by molar-refractivity contribution is 7.99. The van der Waals surface area contributed by atoms with E-state index >= 15 is 0 Å². The second-order valence-electron chi connectivity index (χ2n) is 5.48. The van der Waals surface area contributed by atoms with Gasteiger partial charge in [0.25, 0.3) is 0 Å². The average Bonchev–Trinajstić information content (AvgIpc) is 2.91. The number of benzene rings is 1. The van der Waals surface area contributed by atoms with Crippen molar-refractivity contribution in [1.82, 2.24) is 0 Å². The number of carbonyl (C=O) groups excluding carboxylic acids is 2. The van der Waals surface area contributed by atoms with E-state index < -0.39 is 5.97 Å². The zero-order valence-electron chi connectivity index (χ0n) is 14.5. The molecule has 0 aliphatic carbocycles. The molecule has 7 heteroatoms. The summed E-state index contributed by atoms with van der Waals surface area (Å²) in [5, 5.41) is 3.37. The molecule has 25 heavy (non-hydrogen) atoms. The standard InChI is InChI=1S/C18H22N2O3S2/c1-11-4-6-13(7-5-11)15-12(2)25-17(16(15)18(22)23-3)20-14(21)10-24-9-8-19/h4-7H,8-10,19H2,1-3H3,(H,20,21). The van der Waals surface area contributed by atoms with E-state index in [-0.39, 0.29) is 5.91 Å². The first-order chi connectivity index (χ1) is 12.0. The molecule has 5 nitrogen and oxygen atoms in total. The zero-order valence-corrected chi connectivity index (χ0v) is 16.2. The molecule has 1 aromatic heterocycles. The van der Waals surface area contributed by atoms with Crippen LogP contribution in [0.1, 0.15) is 20.8 Å². The van der Waals surface area contributed by atoms with Gasteiger partial charge in [0.1, 0.15) is 10.6 Å². The molecule has 0 aliphatic heterocycles. The van der Waals surface area contributed by atoms with E-state index in [9.17, 15) is 9.59 Å². The Hall–Kier alpha value is -1.83. The topological polar surface area (TPSA) is 81.4 Å². The summed E-state index contributed by atoms with van der Waals surface area (Å²) >= 11 is 2.85. The largest absolute Gasteiger partial charge is 0.465 e. The molecule has 0 spiro atoms. The van der Waals surface area contributed by atoms with Crippen LogP contribution in [-0.2, 0) is 9.53 Å². The van der Waals surface area contributed by atoms with E-state index in [2.05, 4.69) is 5.32 Å². The number of esters is 1. The number of thioether (sulfide) groups is 1. The molecule has 1 amide bonds. The number of amides is 1. The summed E-state index contributed by atoms with van der Waals surface area (Å²) < 4.78 is 4.95. The molecule has 3 N–H and O–H groups in total. The van der Waals surface area contributed by atoms with E-state index in [0.717, 1.165) is 27.3 Å². The minimum absolute atomic E-state index is 0.152. The van der Waals surface area contributed by atoms with Crippen LogP contribution >= 0.6 is 23.1 Å². The molecule has 0 fully saturated rings. The van der Waals surface area contributed by atoms with Crippen LogP contribution in [0.25, 0.3) is 11.1 Å². The summed E-state index contributed by atoms with van der Waals surface area (Å²) in [6.07, 6.45) is 0. The Morgan fingerprint density at radius 1 is 1.24 bits per heavy atom. The quantitative estimate of drug-likeness (QED) is 0.570. The number of carbonyl (C=O) groups is 2. The summed E-state index contributed by atoms with van der Waals surface area (Å²) in [5.41, 5.74) is 8.72. The van der Waals surface area contributed by atoms with E-state index in [1.807, 2.05) is 38.1 Å². The summed E-state index contributed by atoms with van der Waals surface area (Å²) in [4.78, 5) is 25.4. The van der Waals surface area contributed by atoms with Crippen LogP contribution in [0.4, 0.5) is 5.00 Å². The van der Waals surface area contributed by atoms with Crippen molar-refractivity contribution in [2.45, 2.75) is 13.8 Å². The summed E-state index contributed by atoms with van der Waals surface area (Å²) in [7, 11) is 1.34. The van der Waals surface area contributed by atoms with Crippen LogP contribution < -0.4 is 11.1 Å². The predicted molar refractivity (Wildman–Crippen MR) is 106 cm³/mol. The van der Waals surface area contributed by atoms with Gasteiger partial charge in [-0.1, -0.05) is 29.8 Å². The fourth-order valence-electron chi connectivity index (χ4n) is 2.41. The van der Waals surface area contributed by atoms with Crippen molar-refractivity contribution in [2.24, 2.45) is 5.73 Å². The van der Waals surface area contributed by atoms with E-state index in [1.165, 1.54) is 30.2 Å². The molecular weight excluding hydrogens is 356 g/mol. The summed E-state index contributed by atoms with van der Waals surface area (Å²) in [6.45, 7) is 4.47. The maximum Gasteiger partial charge on any atom is 0.341 e. The number of nitrogens with two attached hydrogens (primary N) is 1. The smallest absolute Gasteiger partial charge is 0.341 e. The lowest BCUT2D eigenvalue weighted by molar-refractivity contribution is -0.113. The number of ether oxygens (including phenoxy) is 1. The molecule has 0 saturated heterocycles. The second kappa shape index (κ2) is 9.03. The minimum Gasteiger partial charge on any atom is -0.465 e. The van der Waals surface area contributed by atoms with Gasteiger partial charge in [0, 0.05) is 22.7 Å². The van der Waals surface area contributed by atoms with Crippen molar-refractivity contribution in [3.05, 3.63) is 40.3 Å². The van der Waals surface area contributed by atoms with Crippen molar-refractivity contribution >= 4 is 40.0 Å². The number of rotatable bonds is 7. The molecule has 2 aromatic rings. The molecule has 0 bridgehead atoms. The number of thiophene rings is 1. The predicted octanol–water partition coefficient (Wildman–Crippen LogP) is 3.45. The lowest BCUT2D eigenvalue weighted by Gasteiger charge is -2.08. The number of hydrogen-bond donors (Lipinski definition) is 2. The number of hydrogen-bond acceptors (Lipinski definition) is 6. The first-order valence-electron chi connectivity index (χ1n) is 7.84. The van der Waals surface area contributed by atoms with Gasteiger partial charge < -0.3 is 15.8 Å². The van der Waals surface area contributed by atoms with Crippen molar-refractivity contribution in [1.29, 1.82) is 0 Å². The number of nitrogens with one attached hydrogen (secondary N) is 1.